The van der Waals surface area contributed by atoms with Crippen LogP contribution in [0.4, 0.5) is 5.69 Å². The normalized spacial score (nSPS) is 16.0. The van der Waals surface area contributed by atoms with Gasteiger partial charge >= 0.3 is 0 Å². The number of Topliss-reactive ketones (excluding diaryl/α,β-unsaturated/α-hetero) is 1. The van der Waals surface area contributed by atoms with Gasteiger partial charge in [-0.1, -0.05) is 0 Å². The Kier molecular flexibility index (Phi) is 4.18. The van der Waals surface area contributed by atoms with Gasteiger partial charge < -0.3 is 10.6 Å². The van der Waals surface area contributed by atoms with E-state index < -0.39 is 0 Å². The van der Waals surface area contributed by atoms with Crippen LogP contribution in [0.5, 0.6) is 0 Å². The number of benzene rings is 1. The summed E-state index contributed by atoms with van der Waals surface area (Å²) in [6.07, 6.45) is 3.81. The number of anilines is 1. The summed E-state index contributed by atoms with van der Waals surface area (Å²) in [6.45, 7) is 2.26. The molecule has 2 rings (SSSR count). The van der Waals surface area contributed by atoms with Crippen LogP contribution in [0.25, 0.3) is 0 Å². The summed E-state index contributed by atoms with van der Waals surface area (Å²) in [4.78, 5) is 13.9. The molecule has 0 atom stereocenters. The molecule has 1 aromatic rings. The van der Waals surface area contributed by atoms with Gasteiger partial charge in [0.1, 0.15) is 0 Å². The summed E-state index contributed by atoms with van der Waals surface area (Å²) >= 11 is 3.55. The minimum absolute atomic E-state index is 0.0177. The maximum atomic E-state index is 11.5. The van der Waals surface area contributed by atoms with Crippen LogP contribution in [-0.2, 0) is 0 Å². The number of hydrogen-bond acceptors (Lipinski definition) is 3. The number of piperidine rings is 1. The molecule has 1 aliphatic heterocycles. The first kappa shape index (κ1) is 12.6. The largest absolute Gasteiger partial charge is 0.371 e. The zero-order valence-corrected chi connectivity index (χ0v) is 11.4. The summed E-state index contributed by atoms with van der Waals surface area (Å²) in [6, 6.07) is 5.75. The molecule has 4 heteroatoms. The van der Waals surface area contributed by atoms with E-state index in [2.05, 4.69) is 20.8 Å². The summed E-state index contributed by atoms with van der Waals surface area (Å²) in [5.74, 6) is -0.0177. The van der Waals surface area contributed by atoms with E-state index in [-0.39, 0.29) is 12.3 Å². The van der Waals surface area contributed by atoms with Gasteiger partial charge in [0.05, 0.1) is 12.2 Å². The molecule has 1 fully saturated rings. The Hall–Kier alpha value is -0.870. The minimum atomic E-state index is -0.0177. The number of carbonyl (C=O) groups is 1. The van der Waals surface area contributed by atoms with Crippen LogP contribution in [0, 0.1) is 0 Å². The third kappa shape index (κ3) is 2.87. The van der Waals surface area contributed by atoms with Gasteiger partial charge in [0, 0.05) is 23.1 Å². The standard InChI is InChI=1S/C13H17BrN2O/c14-11-8-10(13(17)9-15)4-5-12(11)16-6-2-1-3-7-16/h4-5,8H,1-3,6-7,9,15H2. The predicted octanol–water partition coefficient (Wildman–Crippen LogP) is 2.58. The average molecular weight is 297 g/mol. The van der Waals surface area contributed by atoms with Crippen LogP contribution in [-0.4, -0.2) is 25.4 Å². The van der Waals surface area contributed by atoms with Crippen LogP contribution >= 0.6 is 15.9 Å². The molecular formula is C13H17BrN2O. The SMILES string of the molecule is NCC(=O)c1ccc(N2CCCCC2)c(Br)c1. The third-order valence-corrected chi connectivity index (χ3v) is 3.79. The summed E-state index contributed by atoms with van der Waals surface area (Å²) < 4.78 is 0.985. The highest BCUT2D eigenvalue weighted by molar-refractivity contribution is 9.10. The Labute approximate surface area is 110 Å². The van der Waals surface area contributed by atoms with Crippen molar-refractivity contribution in [3.63, 3.8) is 0 Å². The van der Waals surface area contributed by atoms with Crippen molar-refractivity contribution in [1.82, 2.24) is 0 Å². The van der Waals surface area contributed by atoms with Gasteiger partial charge in [0.25, 0.3) is 0 Å². The number of ketones is 1. The molecule has 0 radical (unpaired) electrons. The Morgan fingerprint density at radius 2 is 2.00 bits per heavy atom. The van der Waals surface area contributed by atoms with Crippen LogP contribution < -0.4 is 10.6 Å². The highest BCUT2D eigenvalue weighted by Gasteiger charge is 2.14. The molecule has 2 N–H and O–H groups in total. The van der Waals surface area contributed by atoms with E-state index in [1.165, 1.54) is 24.9 Å². The fourth-order valence-electron chi connectivity index (χ4n) is 2.19. The van der Waals surface area contributed by atoms with E-state index >= 15 is 0 Å². The minimum Gasteiger partial charge on any atom is -0.371 e. The molecule has 3 nitrogen and oxygen atoms in total. The number of halogens is 1. The zero-order chi connectivity index (χ0) is 12.3. The van der Waals surface area contributed by atoms with Crippen molar-refractivity contribution < 1.29 is 4.79 Å². The summed E-state index contributed by atoms with van der Waals surface area (Å²) in [5.41, 5.74) is 7.22. The van der Waals surface area contributed by atoms with Gasteiger partial charge in [-0.25, -0.2) is 0 Å². The quantitative estimate of drug-likeness (QED) is 0.872. The van der Waals surface area contributed by atoms with Crippen molar-refractivity contribution in [2.45, 2.75) is 19.3 Å². The van der Waals surface area contributed by atoms with Crippen molar-refractivity contribution >= 4 is 27.4 Å². The van der Waals surface area contributed by atoms with E-state index in [4.69, 9.17) is 5.73 Å². The fraction of sp³-hybridized carbons (Fsp3) is 0.462. The lowest BCUT2D eigenvalue weighted by Crippen LogP contribution is -2.29. The molecule has 92 valence electrons. The lowest BCUT2D eigenvalue weighted by molar-refractivity contribution is 0.100. The molecule has 0 bridgehead atoms. The third-order valence-electron chi connectivity index (χ3n) is 3.15. The number of nitrogens with zero attached hydrogens (tertiary/aromatic N) is 1. The highest BCUT2D eigenvalue weighted by atomic mass is 79.9. The van der Waals surface area contributed by atoms with Crippen LogP contribution in [0.15, 0.2) is 22.7 Å². The van der Waals surface area contributed by atoms with E-state index in [0.29, 0.717) is 5.56 Å². The number of rotatable bonds is 3. The molecule has 0 aromatic heterocycles. The monoisotopic (exact) mass is 296 g/mol. The van der Waals surface area contributed by atoms with Gasteiger partial charge in [-0.05, 0) is 53.4 Å². The van der Waals surface area contributed by atoms with E-state index in [1.54, 1.807) is 0 Å². The van der Waals surface area contributed by atoms with E-state index in [9.17, 15) is 4.79 Å². The molecule has 0 unspecified atom stereocenters. The second-order valence-electron chi connectivity index (χ2n) is 4.34. The molecule has 0 amide bonds. The lowest BCUT2D eigenvalue weighted by Gasteiger charge is -2.29. The first-order valence-electron chi connectivity index (χ1n) is 6.00. The van der Waals surface area contributed by atoms with Crippen LogP contribution in [0.3, 0.4) is 0 Å². The van der Waals surface area contributed by atoms with E-state index in [0.717, 1.165) is 17.6 Å². The molecule has 1 saturated heterocycles. The van der Waals surface area contributed by atoms with Crippen molar-refractivity contribution in [2.24, 2.45) is 5.73 Å². The fourth-order valence-corrected chi connectivity index (χ4v) is 2.82. The maximum absolute atomic E-state index is 11.5. The van der Waals surface area contributed by atoms with Crippen molar-refractivity contribution in [3.05, 3.63) is 28.2 Å². The Morgan fingerprint density at radius 3 is 2.59 bits per heavy atom. The molecule has 1 heterocycles. The first-order valence-corrected chi connectivity index (χ1v) is 6.79. The second kappa shape index (κ2) is 5.65. The van der Waals surface area contributed by atoms with Gasteiger partial charge in [-0.3, -0.25) is 4.79 Å². The molecular weight excluding hydrogens is 280 g/mol. The second-order valence-corrected chi connectivity index (χ2v) is 5.20. The Morgan fingerprint density at radius 1 is 1.29 bits per heavy atom. The van der Waals surface area contributed by atoms with Gasteiger partial charge in [-0.2, -0.15) is 0 Å². The topological polar surface area (TPSA) is 46.3 Å². The van der Waals surface area contributed by atoms with Crippen molar-refractivity contribution in [3.8, 4) is 0 Å². The number of carbonyl (C=O) groups excluding carboxylic acids is 1. The smallest absolute Gasteiger partial charge is 0.176 e. The Balaban J connectivity index is 2.21. The Bertz CT molecular complexity index is 414. The molecule has 0 aliphatic carbocycles. The lowest BCUT2D eigenvalue weighted by atomic mass is 10.1. The average Bonchev–Trinajstić information content (AvgIpc) is 2.38. The molecule has 1 aromatic carbocycles. The van der Waals surface area contributed by atoms with E-state index in [1.807, 2.05) is 18.2 Å². The van der Waals surface area contributed by atoms with Gasteiger partial charge in [-0.15, -0.1) is 0 Å². The van der Waals surface area contributed by atoms with Crippen LogP contribution in [0.1, 0.15) is 29.6 Å². The van der Waals surface area contributed by atoms with Crippen molar-refractivity contribution in [2.75, 3.05) is 24.5 Å². The highest BCUT2D eigenvalue weighted by Crippen LogP contribution is 2.29. The number of nitrogens with two attached hydrogens (primary N) is 1. The zero-order valence-electron chi connectivity index (χ0n) is 9.79. The van der Waals surface area contributed by atoms with Gasteiger partial charge in [0.15, 0.2) is 5.78 Å². The molecule has 1 aliphatic rings. The first-order chi connectivity index (χ1) is 8.22. The van der Waals surface area contributed by atoms with Crippen molar-refractivity contribution in [1.29, 1.82) is 0 Å². The molecule has 0 spiro atoms. The predicted molar refractivity (Wildman–Crippen MR) is 73.6 cm³/mol. The molecule has 0 saturated carbocycles. The number of hydrogen-bond donors (Lipinski definition) is 1. The summed E-state index contributed by atoms with van der Waals surface area (Å²) in [5, 5.41) is 0. The van der Waals surface area contributed by atoms with Crippen LogP contribution in [0.2, 0.25) is 0 Å². The summed E-state index contributed by atoms with van der Waals surface area (Å²) in [7, 11) is 0. The maximum Gasteiger partial charge on any atom is 0.176 e. The van der Waals surface area contributed by atoms with Gasteiger partial charge in [0.2, 0.25) is 0 Å². The molecule has 17 heavy (non-hydrogen) atoms.